The Morgan fingerprint density at radius 2 is 2.18 bits per heavy atom. The van der Waals surface area contributed by atoms with Gasteiger partial charge in [-0.2, -0.15) is 0 Å². The van der Waals surface area contributed by atoms with Crippen LogP contribution in [0.2, 0.25) is 0 Å². The first-order chi connectivity index (χ1) is 10.7. The molecule has 1 aromatic heterocycles. The summed E-state index contributed by atoms with van der Waals surface area (Å²) in [5, 5.41) is 3.79. The molecule has 2 aromatic rings. The molecule has 0 unspecified atom stereocenters. The normalized spacial score (nSPS) is 16.4. The fourth-order valence-electron chi connectivity index (χ4n) is 2.58. The lowest BCUT2D eigenvalue weighted by molar-refractivity contribution is -0.116. The minimum absolute atomic E-state index is 0.0810. The number of nitrogens with zero attached hydrogens (tertiary/aromatic N) is 1. The number of aryl methyl sites for hydroxylation is 1. The van der Waals surface area contributed by atoms with Gasteiger partial charge in [0.15, 0.2) is 0 Å². The average Bonchev–Trinajstić information content (AvgIpc) is 2.93. The predicted octanol–water partition coefficient (Wildman–Crippen LogP) is 3.47. The zero-order valence-corrected chi connectivity index (χ0v) is 13.0. The molecule has 3 nitrogen and oxygen atoms in total. The molecule has 0 saturated heterocycles. The van der Waals surface area contributed by atoms with Crippen LogP contribution in [0.5, 0.6) is 0 Å². The number of carbonyl (C=O) groups excluding carboxylic acids is 1. The predicted molar refractivity (Wildman–Crippen MR) is 84.8 cm³/mol. The highest BCUT2D eigenvalue weighted by Crippen LogP contribution is 2.37. The van der Waals surface area contributed by atoms with Crippen molar-refractivity contribution in [2.45, 2.75) is 32.2 Å². The van der Waals surface area contributed by atoms with Gasteiger partial charge < -0.3 is 5.32 Å². The van der Waals surface area contributed by atoms with Crippen LogP contribution in [0, 0.1) is 17.7 Å². The standard InChI is InChI=1S/C17H15FN2OS/c1-2-4-15(21)19-13-5-3-6-14-16(13)20-17(22-14)11-7-9-12(18)10-8-11/h7-10,13H,3,5-6H2,1H3,(H,19,21)/t13-/m0/s1. The van der Waals surface area contributed by atoms with Crippen LogP contribution in [0.1, 0.15) is 36.4 Å². The van der Waals surface area contributed by atoms with E-state index in [2.05, 4.69) is 22.1 Å². The first kappa shape index (κ1) is 14.7. The van der Waals surface area contributed by atoms with Crippen LogP contribution in [0.3, 0.4) is 0 Å². The Hall–Kier alpha value is -2.19. The van der Waals surface area contributed by atoms with Gasteiger partial charge in [0.25, 0.3) is 5.91 Å². The second-order valence-electron chi connectivity index (χ2n) is 5.13. The molecule has 1 N–H and O–H groups in total. The molecule has 0 spiro atoms. The van der Waals surface area contributed by atoms with E-state index in [1.54, 1.807) is 30.4 Å². The molecule has 1 aromatic carbocycles. The van der Waals surface area contributed by atoms with E-state index >= 15 is 0 Å². The van der Waals surface area contributed by atoms with E-state index in [0.29, 0.717) is 0 Å². The van der Waals surface area contributed by atoms with Gasteiger partial charge in [-0.1, -0.05) is 5.92 Å². The van der Waals surface area contributed by atoms with Gasteiger partial charge in [0.05, 0.1) is 11.7 Å². The molecule has 3 rings (SSSR count). The minimum Gasteiger partial charge on any atom is -0.337 e. The van der Waals surface area contributed by atoms with E-state index in [1.807, 2.05) is 0 Å². The van der Waals surface area contributed by atoms with Crippen molar-refractivity contribution in [3.05, 3.63) is 40.7 Å². The maximum absolute atomic E-state index is 13.0. The number of halogens is 1. The smallest absolute Gasteiger partial charge is 0.296 e. The highest BCUT2D eigenvalue weighted by molar-refractivity contribution is 7.15. The third-order valence-electron chi connectivity index (χ3n) is 3.59. The Morgan fingerprint density at radius 3 is 2.91 bits per heavy atom. The minimum atomic E-state index is -0.267. The summed E-state index contributed by atoms with van der Waals surface area (Å²) < 4.78 is 13.0. The van der Waals surface area contributed by atoms with Gasteiger partial charge in [0, 0.05) is 10.4 Å². The van der Waals surface area contributed by atoms with Gasteiger partial charge in [-0.15, -0.1) is 11.3 Å². The summed E-state index contributed by atoms with van der Waals surface area (Å²) >= 11 is 1.62. The monoisotopic (exact) mass is 314 g/mol. The second kappa shape index (κ2) is 6.29. The number of carbonyl (C=O) groups is 1. The first-order valence-corrected chi connectivity index (χ1v) is 7.98. The summed E-state index contributed by atoms with van der Waals surface area (Å²) in [6, 6.07) is 6.26. The molecule has 1 heterocycles. The third-order valence-corrected chi connectivity index (χ3v) is 4.77. The van der Waals surface area contributed by atoms with E-state index in [0.717, 1.165) is 35.5 Å². The molecule has 22 heavy (non-hydrogen) atoms. The molecule has 1 aliphatic carbocycles. The highest BCUT2D eigenvalue weighted by atomic mass is 32.1. The molecule has 0 fully saturated rings. The van der Waals surface area contributed by atoms with E-state index in [1.165, 1.54) is 17.0 Å². The van der Waals surface area contributed by atoms with Crippen molar-refractivity contribution in [1.29, 1.82) is 0 Å². The molecule has 0 radical (unpaired) electrons. The van der Waals surface area contributed by atoms with Gasteiger partial charge in [0.1, 0.15) is 10.8 Å². The lowest BCUT2D eigenvalue weighted by Gasteiger charge is -2.21. The number of benzene rings is 1. The summed E-state index contributed by atoms with van der Waals surface area (Å²) in [5.74, 6) is 4.58. The van der Waals surface area contributed by atoms with Crippen LogP contribution in [-0.4, -0.2) is 10.9 Å². The van der Waals surface area contributed by atoms with Crippen molar-refractivity contribution in [2.24, 2.45) is 0 Å². The number of aromatic nitrogens is 1. The van der Waals surface area contributed by atoms with Crippen molar-refractivity contribution in [2.75, 3.05) is 0 Å². The Labute approximate surface area is 132 Å². The Balaban J connectivity index is 1.89. The van der Waals surface area contributed by atoms with Gasteiger partial charge in [-0.05, 0) is 56.4 Å². The van der Waals surface area contributed by atoms with E-state index in [4.69, 9.17) is 0 Å². The highest BCUT2D eigenvalue weighted by Gasteiger charge is 2.26. The number of hydrogen-bond donors (Lipinski definition) is 1. The largest absolute Gasteiger partial charge is 0.337 e. The lowest BCUT2D eigenvalue weighted by atomic mass is 9.97. The lowest BCUT2D eigenvalue weighted by Crippen LogP contribution is -2.29. The van der Waals surface area contributed by atoms with Gasteiger partial charge >= 0.3 is 0 Å². The molecular weight excluding hydrogens is 299 g/mol. The van der Waals surface area contributed by atoms with Crippen LogP contribution < -0.4 is 5.32 Å². The van der Waals surface area contributed by atoms with E-state index in [-0.39, 0.29) is 17.8 Å². The molecule has 1 amide bonds. The maximum atomic E-state index is 13.0. The Kier molecular flexibility index (Phi) is 4.21. The quantitative estimate of drug-likeness (QED) is 0.863. The fourth-order valence-corrected chi connectivity index (χ4v) is 3.75. The third kappa shape index (κ3) is 3.02. The van der Waals surface area contributed by atoms with Gasteiger partial charge in [-0.25, -0.2) is 9.37 Å². The van der Waals surface area contributed by atoms with Gasteiger partial charge in [0.2, 0.25) is 0 Å². The van der Waals surface area contributed by atoms with E-state index < -0.39 is 0 Å². The number of rotatable bonds is 2. The summed E-state index contributed by atoms with van der Waals surface area (Å²) in [7, 11) is 0. The number of thiazole rings is 1. The summed E-state index contributed by atoms with van der Waals surface area (Å²) in [6.07, 6.45) is 2.86. The zero-order chi connectivity index (χ0) is 15.5. The number of amides is 1. The van der Waals surface area contributed by atoms with Crippen LogP contribution in [0.4, 0.5) is 4.39 Å². The number of hydrogen-bond acceptors (Lipinski definition) is 3. The fraction of sp³-hybridized carbons (Fsp3) is 0.294. The number of nitrogens with one attached hydrogen (secondary N) is 1. The first-order valence-electron chi connectivity index (χ1n) is 7.16. The molecule has 112 valence electrons. The second-order valence-corrected chi connectivity index (χ2v) is 6.21. The SMILES string of the molecule is CC#CC(=O)N[C@H]1CCCc2sc(-c3ccc(F)cc3)nc21. The molecule has 1 atom stereocenters. The maximum Gasteiger partial charge on any atom is 0.296 e. The Morgan fingerprint density at radius 1 is 1.41 bits per heavy atom. The van der Waals surface area contributed by atoms with Crippen LogP contribution >= 0.6 is 11.3 Å². The van der Waals surface area contributed by atoms with Crippen LogP contribution in [-0.2, 0) is 11.2 Å². The topological polar surface area (TPSA) is 42.0 Å². The summed E-state index contributed by atoms with van der Waals surface area (Å²) in [6.45, 7) is 1.64. The molecule has 0 bridgehead atoms. The molecule has 5 heteroatoms. The van der Waals surface area contributed by atoms with Crippen molar-refractivity contribution < 1.29 is 9.18 Å². The molecular formula is C17H15FN2OS. The van der Waals surface area contributed by atoms with E-state index in [9.17, 15) is 9.18 Å². The van der Waals surface area contributed by atoms with Gasteiger partial charge in [-0.3, -0.25) is 4.79 Å². The Bertz CT molecular complexity index is 755. The molecule has 0 aliphatic heterocycles. The van der Waals surface area contributed by atoms with Crippen molar-refractivity contribution in [1.82, 2.24) is 10.3 Å². The summed E-state index contributed by atoms with van der Waals surface area (Å²) in [4.78, 5) is 17.6. The van der Waals surface area contributed by atoms with Crippen LogP contribution in [0.25, 0.3) is 10.6 Å². The van der Waals surface area contributed by atoms with Crippen molar-refractivity contribution in [3.63, 3.8) is 0 Å². The van der Waals surface area contributed by atoms with Crippen molar-refractivity contribution >= 4 is 17.2 Å². The number of fused-ring (bicyclic) bond motifs is 1. The zero-order valence-electron chi connectivity index (χ0n) is 12.1. The van der Waals surface area contributed by atoms with Crippen molar-refractivity contribution in [3.8, 4) is 22.4 Å². The summed E-state index contributed by atoms with van der Waals surface area (Å²) in [5.41, 5.74) is 1.83. The molecule has 1 aliphatic rings. The average molecular weight is 314 g/mol. The molecule has 0 saturated carbocycles. The van der Waals surface area contributed by atoms with Crippen LogP contribution in [0.15, 0.2) is 24.3 Å².